The molecule has 0 saturated carbocycles. The zero-order chi connectivity index (χ0) is 15.4. The Labute approximate surface area is 134 Å². The molecule has 116 valence electrons. The van der Waals surface area contributed by atoms with Gasteiger partial charge in [-0.2, -0.15) is 0 Å². The Bertz CT molecular complexity index is 620. The van der Waals surface area contributed by atoms with Crippen LogP contribution in [-0.4, -0.2) is 35.5 Å². The van der Waals surface area contributed by atoms with Crippen LogP contribution in [-0.2, 0) is 0 Å². The number of hydrogen-bond donors (Lipinski definition) is 1. The van der Waals surface area contributed by atoms with Gasteiger partial charge < -0.3 is 10.2 Å². The predicted octanol–water partition coefficient (Wildman–Crippen LogP) is 2.49. The van der Waals surface area contributed by atoms with E-state index in [1.807, 2.05) is 24.4 Å². The summed E-state index contributed by atoms with van der Waals surface area (Å²) in [5, 5.41) is 5.07. The van der Waals surface area contributed by atoms with Crippen LogP contribution in [0.5, 0.6) is 0 Å². The van der Waals surface area contributed by atoms with Gasteiger partial charge in [0.05, 0.1) is 4.88 Å². The van der Waals surface area contributed by atoms with Crippen LogP contribution < -0.4 is 10.2 Å². The number of carbonyl (C=O) groups is 1. The number of amides is 1. The van der Waals surface area contributed by atoms with Crippen LogP contribution >= 0.6 is 11.3 Å². The maximum Gasteiger partial charge on any atom is 0.261 e. The van der Waals surface area contributed by atoms with Crippen molar-refractivity contribution in [2.75, 3.05) is 24.5 Å². The quantitative estimate of drug-likeness (QED) is 0.941. The largest absolute Gasteiger partial charge is 0.351 e. The first-order valence-corrected chi connectivity index (χ1v) is 8.45. The second-order valence-corrected chi connectivity index (χ2v) is 6.59. The number of hydrogen-bond acceptors (Lipinski definition) is 5. The Hall–Kier alpha value is -1.95. The fourth-order valence-electron chi connectivity index (χ4n) is 2.67. The number of aromatic nitrogens is 2. The van der Waals surface area contributed by atoms with E-state index in [4.69, 9.17) is 0 Å². The molecular weight excluding hydrogens is 296 g/mol. The van der Waals surface area contributed by atoms with Gasteiger partial charge in [0.15, 0.2) is 0 Å². The van der Waals surface area contributed by atoms with E-state index in [1.165, 1.54) is 11.3 Å². The molecule has 22 heavy (non-hydrogen) atoms. The Balaban J connectivity index is 1.45. The Kier molecular flexibility index (Phi) is 4.68. The van der Waals surface area contributed by atoms with Crippen molar-refractivity contribution in [2.45, 2.75) is 19.8 Å². The first kappa shape index (κ1) is 15.0. The number of rotatable bonds is 4. The van der Waals surface area contributed by atoms with E-state index in [2.05, 4.69) is 20.2 Å². The van der Waals surface area contributed by atoms with E-state index in [0.29, 0.717) is 5.92 Å². The lowest BCUT2D eigenvalue weighted by Crippen LogP contribution is -2.39. The molecule has 2 aromatic heterocycles. The second kappa shape index (κ2) is 6.87. The van der Waals surface area contributed by atoms with Crippen molar-refractivity contribution in [3.8, 4) is 0 Å². The Morgan fingerprint density at radius 1 is 1.36 bits per heavy atom. The zero-order valence-electron chi connectivity index (χ0n) is 12.7. The number of carbonyl (C=O) groups excluding carboxylic acids is 1. The molecule has 1 saturated heterocycles. The molecule has 0 bridgehead atoms. The van der Waals surface area contributed by atoms with Crippen LogP contribution in [0.4, 0.5) is 5.95 Å². The van der Waals surface area contributed by atoms with E-state index in [0.717, 1.165) is 48.9 Å². The third-order valence-electron chi connectivity index (χ3n) is 3.96. The molecule has 0 unspecified atom stereocenters. The molecule has 6 heteroatoms. The predicted molar refractivity (Wildman–Crippen MR) is 88.4 cm³/mol. The van der Waals surface area contributed by atoms with Crippen molar-refractivity contribution in [2.24, 2.45) is 5.92 Å². The molecule has 1 aliphatic rings. The molecule has 3 heterocycles. The second-order valence-electron chi connectivity index (χ2n) is 5.68. The Morgan fingerprint density at radius 3 is 2.73 bits per heavy atom. The first-order valence-electron chi connectivity index (χ1n) is 7.57. The van der Waals surface area contributed by atoms with Crippen molar-refractivity contribution in [3.63, 3.8) is 0 Å². The third-order valence-corrected chi connectivity index (χ3v) is 5.00. The topological polar surface area (TPSA) is 58.1 Å². The van der Waals surface area contributed by atoms with Gasteiger partial charge in [-0.3, -0.25) is 4.79 Å². The van der Waals surface area contributed by atoms with Crippen LogP contribution in [0.1, 0.15) is 28.1 Å². The summed E-state index contributed by atoms with van der Waals surface area (Å²) in [6.07, 6.45) is 5.67. The smallest absolute Gasteiger partial charge is 0.261 e. The maximum absolute atomic E-state index is 12.1. The van der Waals surface area contributed by atoms with E-state index < -0.39 is 0 Å². The molecule has 3 rings (SSSR count). The summed E-state index contributed by atoms with van der Waals surface area (Å²) in [5.41, 5.74) is 1.14. The van der Waals surface area contributed by atoms with Crippen LogP contribution in [0.15, 0.2) is 29.9 Å². The number of anilines is 1. The van der Waals surface area contributed by atoms with Crippen molar-refractivity contribution in [1.29, 1.82) is 0 Å². The van der Waals surface area contributed by atoms with E-state index in [9.17, 15) is 4.79 Å². The minimum absolute atomic E-state index is 0.0481. The fourth-order valence-corrected chi connectivity index (χ4v) is 3.48. The summed E-state index contributed by atoms with van der Waals surface area (Å²) in [7, 11) is 0. The van der Waals surface area contributed by atoms with Gasteiger partial charge in [-0.1, -0.05) is 0 Å². The summed E-state index contributed by atoms with van der Waals surface area (Å²) in [6.45, 7) is 4.65. The monoisotopic (exact) mass is 316 g/mol. The molecule has 1 fully saturated rings. The lowest BCUT2D eigenvalue weighted by molar-refractivity contribution is 0.0949. The van der Waals surface area contributed by atoms with Crippen LogP contribution in [0, 0.1) is 12.8 Å². The number of aryl methyl sites for hydroxylation is 1. The van der Waals surface area contributed by atoms with Crippen molar-refractivity contribution in [3.05, 3.63) is 40.3 Å². The third kappa shape index (κ3) is 3.62. The van der Waals surface area contributed by atoms with Crippen LogP contribution in [0.3, 0.4) is 0 Å². The summed E-state index contributed by atoms with van der Waals surface area (Å²) in [5.74, 6) is 1.39. The molecule has 1 N–H and O–H groups in total. The van der Waals surface area contributed by atoms with Gasteiger partial charge in [0.2, 0.25) is 5.95 Å². The highest BCUT2D eigenvalue weighted by Crippen LogP contribution is 2.20. The first-order chi connectivity index (χ1) is 10.7. The normalized spacial score (nSPS) is 15.8. The molecule has 2 aromatic rings. The van der Waals surface area contributed by atoms with Crippen molar-refractivity contribution >= 4 is 23.2 Å². The van der Waals surface area contributed by atoms with Crippen LogP contribution in [0.2, 0.25) is 0 Å². The number of piperidine rings is 1. The van der Waals surface area contributed by atoms with Crippen molar-refractivity contribution in [1.82, 2.24) is 15.3 Å². The van der Waals surface area contributed by atoms with Gasteiger partial charge in [-0.15, -0.1) is 11.3 Å². The molecule has 1 aliphatic heterocycles. The Morgan fingerprint density at radius 2 is 2.09 bits per heavy atom. The summed E-state index contributed by atoms with van der Waals surface area (Å²) in [6, 6.07) is 3.77. The number of thiophene rings is 1. The highest BCUT2D eigenvalue weighted by molar-refractivity contribution is 7.12. The highest BCUT2D eigenvalue weighted by Gasteiger charge is 2.21. The average Bonchev–Trinajstić information content (AvgIpc) is 3.00. The average molecular weight is 316 g/mol. The standard InChI is InChI=1S/C16H20N4OS/c1-12-9-14(22-11-12)15(21)19-10-13-3-7-20(8-4-13)16-17-5-2-6-18-16/h2,5-6,9,11,13H,3-4,7-8,10H2,1H3,(H,19,21). The lowest BCUT2D eigenvalue weighted by atomic mass is 9.97. The van der Waals surface area contributed by atoms with Crippen LogP contribution in [0.25, 0.3) is 0 Å². The minimum Gasteiger partial charge on any atom is -0.351 e. The summed E-state index contributed by atoms with van der Waals surface area (Å²) >= 11 is 1.51. The summed E-state index contributed by atoms with van der Waals surface area (Å²) < 4.78 is 0. The molecule has 0 spiro atoms. The minimum atomic E-state index is 0.0481. The van der Waals surface area contributed by atoms with Gasteiger partial charge >= 0.3 is 0 Å². The highest BCUT2D eigenvalue weighted by atomic mass is 32.1. The molecule has 0 atom stereocenters. The van der Waals surface area contributed by atoms with Gasteiger partial charge in [0.25, 0.3) is 5.91 Å². The van der Waals surface area contributed by atoms with E-state index >= 15 is 0 Å². The molecule has 0 aromatic carbocycles. The van der Waals surface area contributed by atoms with E-state index in [-0.39, 0.29) is 5.91 Å². The zero-order valence-corrected chi connectivity index (χ0v) is 13.5. The molecule has 0 aliphatic carbocycles. The number of nitrogens with zero attached hydrogens (tertiary/aromatic N) is 3. The van der Waals surface area contributed by atoms with Gasteiger partial charge in [-0.05, 0) is 48.8 Å². The van der Waals surface area contributed by atoms with Gasteiger partial charge in [-0.25, -0.2) is 9.97 Å². The fraction of sp³-hybridized carbons (Fsp3) is 0.438. The molecular formula is C16H20N4OS. The van der Waals surface area contributed by atoms with Gasteiger partial charge in [0.1, 0.15) is 0 Å². The molecule has 5 nitrogen and oxygen atoms in total. The lowest BCUT2D eigenvalue weighted by Gasteiger charge is -2.31. The molecule has 0 radical (unpaired) electrons. The van der Waals surface area contributed by atoms with Gasteiger partial charge in [0, 0.05) is 32.0 Å². The van der Waals surface area contributed by atoms with Crippen molar-refractivity contribution < 1.29 is 4.79 Å². The maximum atomic E-state index is 12.1. The summed E-state index contributed by atoms with van der Waals surface area (Å²) in [4.78, 5) is 23.6. The molecule has 1 amide bonds. The SMILES string of the molecule is Cc1csc(C(=O)NCC2CCN(c3ncccn3)CC2)c1. The number of nitrogens with one attached hydrogen (secondary N) is 1. The van der Waals surface area contributed by atoms with E-state index in [1.54, 1.807) is 12.4 Å².